The molecule has 0 heterocycles. The maximum atomic E-state index is 13.7. The van der Waals surface area contributed by atoms with Crippen molar-refractivity contribution >= 4 is 27.5 Å². The molecule has 2 amide bonds. The molecule has 2 rings (SSSR count). The second-order valence-electron chi connectivity index (χ2n) is 9.00. The minimum atomic E-state index is -3.77. The molecule has 0 saturated carbocycles. The number of carbonyl (C=O) groups excluding carboxylic acids is 2. The molecule has 0 saturated heterocycles. The fourth-order valence-corrected chi connectivity index (χ4v) is 4.94. The van der Waals surface area contributed by atoms with Gasteiger partial charge in [0.1, 0.15) is 18.3 Å². The molecule has 1 unspecified atom stereocenters. The number of rotatable bonds is 13. The van der Waals surface area contributed by atoms with Crippen LogP contribution in [0, 0.1) is 13.8 Å². The van der Waals surface area contributed by atoms with Crippen LogP contribution in [0.15, 0.2) is 42.5 Å². The van der Waals surface area contributed by atoms with Gasteiger partial charge >= 0.3 is 0 Å². The van der Waals surface area contributed by atoms with Crippen molar-refractivity contribution in [3.05, 3.63) is 59.2 Å². The maximum Gasteiger partial charge on any atom is 0.244 e. The summed E-state index contributed by atoms with van der Waals surface area (Å²) in [4.78, 5) is 28.3. The van der Waals surface area contributed by atoms with Gasteiger partial charge in [-0.25, -0.2) is 8.42 Å². The first-order valence-corrected chi connectivity index (χ1v) is 14.1. The summed E-state index contributed by atoms with van der Waals surface area (Å²) in [6.07, 6.45) is 3.25. The number of amides is 2. The van der Waals surface area contributed by atoms with Gasteiger partial charge in [-0.3, -0.25) is 13.9 Å². The lowest BCUT2D eigenvalue weighted by Crippen LogP contribution is -2.52. The van der Waals surface area contributed by atoms with Gasteiger partial charge in [-0.2, -0.15) is 0 Å². The number of aryl methyl sites for hydroxylation is 2. The Morgan fingerprint density at radius 1 is 1.06 bits per heavy atom. The van der Waals surface area contributed by atoms with Crippen LogP contribution < -0.4 is 14.4 Å². The summed E-state index contributed by atoms with van der Waals surface area (Å²) in [6.45, 7) is 7.90. The van der Waals surface area contributed by atoms with Gasteiger partial charge in [-0.05, 0) is 56.0 Å². The van der Waals surface area contributed by atoms with Crippen molar-refractivity contribution in [3.8, 4) is 5.75 Å². The number of sulfonamides is 1. The lowest BCUT2D eigenvalue weighted by atomic mass is 10.1. The Bertz CT molecular complexity index is 1130. The second kappa shape index (κ2) is 13.3. The number of carbonyl (C=O) groups is 2. The van der Waals surface area contributed by atoms with Crippen LogP contribution in [0.2, 0.25) is 0 Å². The zero-order valence-corrected chi connectivity index (χ0v) is 23.0. The molecule has 0 spiro atoms. The normalized spacial score (nSPS) is 12.1. The van der Waals surface area contributed by atoms with E-state index in [0.29, 0.717) is 24.4 Å². The van der Waals surface area contributed by atoms with E-state index in [2.05, 4.69) is 5.32 Å². The Kier molecular flexibility index (Phi) is 10.8. The Labute approximate surface area is 215 Å². The second-order valence-corrected chi connectivity index (χ2v) is 10.9. The molecule has 9 heteroatoms. The van der Waals surface area contributed by atoms with Crippen molar-refractivity contribution in [2.24, 2.45) is 0 Å². The minimum Gasteiger partial charge on any atom is -0.497 e. The zero-order chi connectivity index (χ0) is 26.9. The fraction of sp³-hybridized carbons (Fsp3) is 0.481. The SMILES string of the molecule is CCCCNC(=O)C(CC)N(Cc1ccc(OC)cc1)C(=O)CN(c1ccc(C)cc1C)S(C)(=O)=O. The molecule has 0 radical (unpaired) electrons. The van der Waals surface area contributed by atoms with Gasteiger partial charge in [0, 0.05) is 13.1 Å². The molecule has 0 aliphatic carbocycles. The summed E-state index contributed by atoms with van der Waals surface area (Å²) >= 11 is 0. The zero-order valence-electron chi connectivity index (χ0n) is 22.2. The third kappa shape index (κ3) is 7.98. The van der Waals surface area contributed by atoms with Crippen LogP contribution in [0.4, 0.5) is 5.69 Å². The summed E-state index contributed by atoms with van der Waals surface area (Å²) in [6, 6.07) is 11.9. The number of anilines is 1. The summed E-state index contributed by atoms with van der Waals surface area (Å²) in [5.74, 6) is -0.0157. The molecule has 2 aromatic rings. The van der Waals surface area contributed by atoms with Crippen molar-refractivity contribution in [3.63, 3.8) is 0 Å². The van der Waals surface area contributed by atoms with E-state index in [1.165, 1.54) is 4.90 Å². The quantitative estimate of drug-likeness (QED) is 0.408. The summed E-state index contributed by atoms with van der Waals surface area (Å²) in [7, 11) is -2.19. The number of hydrogen-bond acceptors (Lipinski definition) is 5. The molecular formula is C27H39N3O5S. The van der Waals surface area contributed by atoms with Crippen molar-refractivity contribution in [2.75, 3.05) is 30.8 Å². The van der Waals surface area contributed by atoms with Crippen LogP contribution in [-0.4, -0.2) is 57.6 Å². The van der Waals surface area contributed by atoms with Crippen LogP contribution in [0.3, 0.4) is 0 Å². The van der Waals surface area contributed by atoms with Crippen molar-refractivity contribution in [1.29, 1.82) is 0 Å². The molecule has 0 fully saturated rings. The number of methoxy groups -OCH3 is 1. The largest absolute Gasteiger partial charge is 0.497 e. The van der Waals surface area contributed by atoms with E-state index in [-0.39, 0.29) is 12.5 Å². The summed E-state index contributed by atoms with van der Waals surface area (Å²) in [5, 5.41) is 2.92. The smallest absolute Gasteiger partial charge is 0.244 e. The predicted molar refractivity (Wildman–Crippen MR) is 144 cm³/mol. The molecule has 198 valence electrons. The average molecular weight is 518 g/mol. The van der Waals surface area contributed by atoms with E-state index in [4.69, 9.17) is 4.74 Å². The lowest BCUT2D eigenvalue weighted by Gasteiger charge is -2.33. The molecule has 0 aromatic heterocycles. The average Bonchev–Trinajstić information content (AvgIpc) is 2.82. The van der Waals surface area contributed by atoms with Crippen LogP contribution in [0.1, 0.15) is 49.8 Å². The Hall–Kier alpha value is -3.07. The molecule has 1 atom stereocenters. The van der Waals surface area contributed by atoms with Crippen LogP contribution >= 0.6 is 0 Å². The molecule has 8 nitrogen and oxygen atoms in total. The minimum absolute atomic E-state index is 0.160. The fourth-order valence-electron chi connectivity index (χ4n) is 4.03. The highest BCUT2D eigenvalue weighted by Gasteiger charge is 2.32. The van der Waals surface area contributed by atoms with Gasteiger partial charge in [0.2, 0.25) is 21.8 Å². The first kappa shape index (κ1) is 29.2. The van der Waals surface area contributed by atoms with Gasteiger partial charge < -0.3 is 15.0 Å². The van der Waals surface area contributed by atoms with Gasteiger partial charge in [-0.1, -0.05) is 50.1 Å². The van der Waals surface area contributed by atoms with E-state index in [1.807, 2.05) is 52.0 Å². The number of hydrogen-bond donors (Lipinski definition) is 1. The maximum absolute atomic E-state index is 13.7. The van der Waals surface area contributed by atoms with Gasteiger partial charge in [0.05, 0.1) is 19.1 Å². The number of ether oxygens (including phenoxy) is 1. The van der Waals surface area contributed by atoms with Crippen LogP contribution in [0.25, 0.3) is 0 Å². The summed E-state index contributed by atoms with van der Waals surface area (Å²) < 4.78 is 31.9. The lowest BCUT2D eigenvalue weighted by molar-refractivity contribution is -0.140. The molecule has 0 aliphatic rings. The number of unbranched alkanes of at least 4 members (excludes halogenated alkanes) is 1. The number of nitrogens with one attached hydrogen (secondary N) is 1. The van der Waals surface area contributed by atoms with Crippen LogP contribution in [-0.2, 0) is 26.2 Å². The van der Waals surface area contributed by atoms with Crippen molar-refractivity contribution < 1.29 is 22.7 Å². The Balaban J connectivity index is 2.43. The highest BCUT2D eigenvalue weighted by Crippen LogP contribution is 2.24. The number of benzene rings is 2. The van der Waals surface area contributed by atoms with Crippen molar-refractivity contribution in [1.82, 2.24) is 10.2 Å². The van der Waals surface area contributed by atoms with E-state index in [0.717, 1.165) is 40.1 Å². The van der Waals surface area contributed by atoms with Gasteiger partial charge in [0.15, 0.2) is 0 Å². The highest BCUT2D eigenvalue weighted by molar-refractivity contribution is 7.92. The van der Waals surface area contributed by atoms with E-state index >= 15 is 0 Å². The topological polar surface area (TPSA) is 96.0 Å². The third-order valence-electron chi connectivity index (χ3n) is 6.03. The number of nitrogens with zero attached hydrogens (tertiary/aromatic N) is 2. The molecule has 1 N–H and O–H groups in total. The molecule has 0 bridgehead atoms. The van der Waals surface area contributed by atoms with E-state index < -0.39 is 28.5 Å². The van der Waals surface area contributed by atoms with Crippen molar-refractivity contribution in [2.45, 2.75) is 59.5 Å². The molecule has 0 aliphatic heterocycles. The molecule has 36 heavy (non-hydrogen) atoms. The first-order chi connectivity index (χ1) is 17.0. The van der Waals surface area contributed by atoms with E-state index in [9.17, 15) is 18.0 Å². The Morgan fingerprint density at radius 3 is 2.25 bits per heavy atom. The monoisotopic (exact) mass is 517 g/mol. The van der Waals surface area contributed by atoms with Crippen LogP contribution in [0.5, 0.6) is 5.75 Å². The Morgan fingerprint density at radius 2 is 1.72 bits per heavy atom. The highest BCUT2D eigenvalue weighted by atomic mass is 32.2. The molecular weight excluding hydrogens is 478 g/mol. The van der Waals surface area contributed by atoms with Gasteiger partial charge in [-0.15, -0.1) is 0 Å². The third-order valence-corrected chi connectivity index (χ3v) is 7.15. The first-order valence-electron chi connectivity index (χ1n) is 12.3. The van der Waals surface area contributed by atoms with E-state index in [1.54, 1.807) is 25.3 Å². The molecule has 2 aromatic carbocycles. The summed E-state index contributed by atoms with van der Waals surface area (Å²) in [5.41, 5.74) is 2.99. The van der Waals surface area contributed by atoms with Gasteiger partial charge in [0.25, 0.3) is 0 Å². The predicted octanol–water partition coefficient (Wildman–Crippen LogP) is 3.80. The standard InChI is InChI=1S/C27H39N3O5S/c1-7-9-16-28-27(32)24(8-2)29(18-22-11-13-23(35-5)14-12-22)26(31)19-30(36(6,33)34)25-15-10-20(3)17-21(25)4/h10-15,17,24H,7-9,16,18-19H2,1-6H3,(H,28,32).